The molecule has 0 aromatic heterocycles. The molecule has 0 bridgehead atoms. The van der Waals surface area contributed by atoms with Crippen LogP contribution in [0.4, 0.5) is 8.78 Å². The van der Waals surface area contributed by atoms with Crippen molar-refractivity contribution in [3.63, 3.8) is 0 Å². The summed E-state index contributed by atoms with van der Waals surface area (Å²) in [5.41, 5.74) is 1.22. The van der Waals surface area contributed by atoms with E-state index < -0.39 is 31.0 Å². The van der Waals surface area contributed by atoms with Crippen LogP contribution >= 0.6 is 0 Å². The largest absolute Gasteiger partial charge is 0.454 e. The third kappa shape index (κ3) is 8.37. The molecule has 9 heteroatoms. The standard InChI is InChI=1S/C20H20F2N2O5/c21-20(22)29-16-8-6-14(7-9-16)10-11-23-17(25)13-28-18(26)12-24-19(27)15-4-2-1-3-5-15/h1-9,20H,10-13H2,(H,23,25)(H,24,27). The van der Waals surface area contributed by atoms with Gasteiger partial charge in [0.25, 0.3) is 11.8 Å². The normalized spacial score (nSPS) is 10.3. The molecular formula is C20H20F2N2O5. The molecule has 2 aromatic carbocycles. The number of benzene rings is 2. The Labute approximate surface area is 166 Å². The zero-order valence-electron chi connectivity index (χ0n) is 15.4. The molecular weight excluding hydrogens is 386 g/mol. The van der Waals surface area contributed by atoms with Crippen LogP contribution in [0.3, 0.4) is 0 Å². The van der Waals surface area contributed by atoms with E-state index in [-0.39, 0.29) is 18.8 Å². The highest BCUT2D eigenvalue weighted by molar-refractivity contribution is 5.96. The number of esters is 1. The third-order valence-corrected chi connectivity index (χ3v) is 3.68. The fraction of sp³-hybridized carbons (Fsp3) is 0.250. The van der Waals surface area contributed by atoms with Gasteiger partial charge < -0.3 is 20.1 Å². The second kappa shape index (κ2) is 11.4. The molecule has 0 fully saturated rings. The van der Waals surface area contributed by atoms with E-state index in [1.165, 1.54) is 12.1 Å². The highest BCUT2D eigenvalue weighted by Crippen LogP contribution is 2.14. The van der Waals surface area contributed by atoms with Gasteiger partial charge in [-0.2, -0.15) is 8.78 Å². The Bertz CT molecular complexity index is 813. The highest BCUT2D eigenvalue weighted by atomic mass is 19.3. The van der Waals surface area contributed by atoms with Crippen molar-refractivity contribution in [3.05, 3.63) is 65.7 Å². The number of alkyl halides is 2. The van der Waals surface area contributed by atoms with Gasteiger partial charge in [0.05, 0.1) is 0 Å². The van der Waals surface area contributed by atoms with E-state index >= 15 is 0 Å². The zero-order chi connectivity index (χ0) is 21.1. The molecule has 0 aliphatic heterocycles. The Morgan fingerprint density at radius 1 is 0.931 bits per heavy atom. The van der Waals surface area contributed by atoms with E-state index in [2.05, 4.69) is 15.4 Å². The average Bonchev–Trinajstić information content (AvgIpc) is 2.72. The maximum Gasteiger partial charge on any atom is 0.387 e. The number of amides is 2. The molecule has 0 radical (unpaired) electrons. The van der Waals surface area contributed by atoms with Crippen LogP contribution in [0.5, 0.6) is 5.75 Å². The Balaban J connectivity index is 1.60. The van der Waals surface area contributed by atoms with Crippen LogP contribution in [-0.2, 0) is 20.7 Å². The molecule has 2 N–H and O–H groups in total. The molecule has 2 amide bonds. The molecule has 154 valence electrons. The minimum Gasteiger partial charge on any atom is -0.454 e. The van der Waals surface area contributed by atoms with Crippen molar-refractivity contribution in [2.45, 2.75) is 13.0 Å². The molecule has 0 spiro atoms. The first kappa shape index (κ1) is 21.8. The van der Waals surface area contributed by atoms with Gasteiger partial charge in [0, 0.05) is 12.1 Å². The zero-order valence-corrected chi connectivity index (χ0v) is 15.4. The number of hydrogen-bond acceptors (Lipinski definition) is 5. The van der Waals surface area contributed by atoms with Gasteiger partial charge in [-0.25, -0.2) is 0 Å². The maximum atomic E-state index is 12.1. The Morgan fingerprint density at radius 3 is 2.28 bits per heavy atom. The van der Waals surface area contributed by atoms with Gasteiger partial charge in [-0.1, -0.05) is 30.3 Å². The van der Waals surface area contributed by atoms with Gasteiger partial charge >= 0.3 is 12.6 Å². The van der Waals surface area contributed by atoms with Crippen LogP contribution in [-0.4, -0.2) is 44.1 Å². The van der Waals surface area contributed by atoms with Crippen molar-refractivity contribution >= 4 is 17.8 Å². The number of carbonyl (C=O) groups is 3. The first-order valence-corrected chi connectivity index (χ1v) is 8.73. The number of carbonyl (C=O) groups excluding carboxylic acids is 3. The summed E-state index contributed by atoms with van der Waals surface area (Å²) >= 11 is 0. The minimum absolute atomic E-state index is 0.0547. The number of ether oxygens (including phenoxy) is 2. The molecule has 0 saturated carbocycles. The van der Waals surface area contributed by atoms with Gasteiger partial charge in [0.2, 0.25) is 0 Å². The lowest BCUT2D eigenvalue weighted by Gasteiger charge is -2.08. The second-order valence-corrected chi connectivity index (χ2v) is 5.83. The Morgan fingerprint density at radius 2 is 1.62 bits per heavy atom. The van der Waals surface area contributed by atoms with Crippen molar-refractivity contribution in [3.8, 4) is 5.75 Å². The number of halogens is 2. The average molecular weight is 406 g/mol. The SMILES string of the molecule is O=C(COC(=O)CNC(=O)c1ccccc1)NCCc1ccc(OC(F)F)cc1. The van der Waals surface area contributed by atoms with Crippen LogP contribution < -0.4 is 15.4 Å². The van der Waals surface area contributed by atoms with Crippen molar-refractivity contribution < 1.29 is 32.6 Å². The lowest BCUT2D eigenvalue weighted by Crippen LogP contribution is -2.34. The van der Waals surface area contributed by atoms with E-state index in [0.29, 0.717) is 12.0 Å². The summed E-state index contributed by atoms with van der Waals surface area (Å²) in [7, 11) is 0. The van der Waals surface area contributed by atoms with Gasteiger partial charge in [-0.05, 0) is 36.2 Å². The second-order valence-electron chi connectivity index (χ2n) is 5.83. The molecule has 0 saturated heterocycles. The summed E-state index contributed by atoms with van der Waals surface area (Å²) < 4.78 is 33.2. The first-order chi connectivity index (χ1) is 13.9. The molecule has 2 aromatic rings. The van der Waals surface area contributed by atoms with Crippen LogP contribution in [0.25, 0.3) is 0 Å². The maximum absolute atomic E-state index is 12.1. The van der Waals surface area contributed by atoms with E-state index in [1.54, 1.807) is 42.5 Å². The topological polar surface area (TPSA) is 93.7 Å². The lowest BCUT2D eigenvalue weighted by molar-refractivity contribution is -0.147. The van der Waals surface area contributed by atoms with Gasteiger partial charge in [0.1, 0.15) is 12.3 Å². The monoisotopic (exact) mass is 406 g/mol. The van der Waals surface area contributed by atoms with Crippen molar-refractivity contribution in [2.75, 3.05) is 19.7 Å². The van der Waals surface area contributed by atoms with Crippen LogP contribution in [0.2, 0.25) is 0 Å². The fourth-order valence-electron chi connectivity index (χ4n) is 2.28. The van der Waals surface area contributed by atoms with Crippen LogP contribution in [0.1, 0.15) is 15.9 Å². The van der Waals surface area contributed by atoms with Crippen LogP contribution in [0.15, 0.2) is 54.6 Å². The highest BCUT2D eigenvalue weighted by Gasteiger charge is 2.10. The molecule has 0 aliphatic rings. The summed E-state index contributed by atoms with van der Waals surface area (Å²) in [6.45, 7) is -3.43. The quantitative estimate of drug-likeness (QED) is 0.588. The molecule has 0 aliphatic carbocycles. The molecule has 29 heavy (non-hydrogen) atoms. The molecule has 0 unspecified atom stereocenters. The third-order valence-electron chi connectivity index (χ3n) is 3.68. The van der Waals surface area contributed by atoms with E-state index in [1.807, 2.05) is 0 Å². The summed E-state index contributed by atoms with van der Waals surface area (Å²) in [6, 6.07) is 14.4. The van der Waals surface area contributed by atoms with E-state index in [9.17, 15) is 23.2 Å². The van der Waals surface area contributed by atoms with E-state index in [0.717, 1.165) is 5.56 Å². The predicted octanol–water partition coefficient (Wildman–Crippen LogP) is 1.92. The summed E-state index contributed by atoms with van der Waals surface area (Å²) in [5, 5.41) is 4.97. The molecule has 0 heterocycles. The van der Waals surface area contributed by atoms with Crippen LogP contribution in [0, 0.1) is 0 Å². The molecule has 2 rings (SSSR count). The summed E-state index contributed by atoms with van der Waals surface area (Å²) in [5.74, 6) is -1.60. The summed E-state index contributed by atoms with van der Waals surface area (Å²) in [6.07, 6.45) is 0.460. The lowest BCUT2D eigenvalue weighted by atomic mass is 10.1. The number of nitrogens with one attached hydrogen (secondary N) is 2. The first-order valence-electron chi connectivity index (χ1n) is 8.73. The smallest absolute Gasteiger partial charge is 0.387 e. The minimum atomic E-state index is -2.88. The predicted molar refractivity (Wildman–Crippen MR) is 99.5 cm³/mol. The van der Waals surface area contributed by atoms with Gasteiger partial charge in [0.15, 0.2) is 6.61 Å². The number of rotatable bonds is 10. The van der Waals surface area contributed by atoms with E-state index in [4.69, 9.17) is 4.74 Å². The van der Waals surface area contributed by atoms with Crippen molar-refractivity contribution in [1.29, 1.82) is 0 Å². The van der Waals surface area contributed by atoms with Gasteiger partial charge in [-0.15, -0.1) is 0 Å². The molecule has 0 atom stereocenters. The fourth-order valence-corrected chi connectivity index (χ4v) is 2.28. The summed E-state index contributed by atoms with van der Waals surface area (Å²) in [4.78, 5) is 35.1. The number of hydrogen-bond donors (Lipinski definition) is 2. The Kier molecular flexibility index (Phi) is 8.55. The van der Waals surface area contributed by atoms with Crippen molar-refractivity contribution in [2.24, 2.45) is 0 Å². The van der Waals surface area contributed by atoms with Gasteiger partial charge in [-0.3, -0.25) is 14.4 Å². The van der Waals surface area contributed by atoms with Crippen molar-refractivity contribution in [1.82, 2.24) is 10.6 Å². The molecule has 7 nitrogen and oxygen atoms in total. The Hall–Kier alpha value is -3.49.